The lowest BCUT2D eigenvalue weighted by Gasteiger charge is -2.12. The average molecular weight is 262 g/mol. The van der Waals surface area contributed by atoms with Crippen LogP contribution in [0, 0.1) is 5.82 Å². The molecule has 0 aliphatic heterocycles. The summed E-state index contributed by atoms with van der Waals surface area (Å²) in [5, 5.41) is 0. The number of aromatic nitrogens is 2. The fourth-order valence-electron chi connectivity index (χ4n) is 1.70. The maximum Gasteiger partial charge on any atom is 0.227 e. The number of hydrogen-bond donors (Lipinski definition) is 2. The van der Waals surface area contributed by atoms with Crippen molar-refractivity contribution in [1.29, 1.82) is 0 Å². The highest BCUT2D eigenvalue weighted by Gasteiger charge is 2.12. The Morgan fingerprint density at radius 2 is 2.00 bits per heavy atom. The molecule has 0 aliphatic carbocycles. The van der Waals surface area contributed by atoms with Crippen molar-refractivity contribution in [3.63, 3.8) is 0 Å². The van der Waals surface area contributed by atoms with Gasteiger partial charge in [-0.2, -0.15) is 0 Å². The van der Waals surface area contributed by atoms with Gasteiger partial charge in [-0.05, 0) is 30.7 Å². The quantitative estimate of drug-likeness (QED) is 0.640. The van der Waals surface area contributed by atoms with E-state index in [0.29, 0.717) is 17.4 Å². The zero-order valence-corrected chi connectivity index (χ0v) is 10.6. The standard InChI is InChI=1S/C13H15FN4O/c1-2-3-11-12(18-15)16-8-17-13(11)19-10-6-4-9(14)5-7-10/h4-8H,2-3,15H2,1H3,(H,16,17,18). The van der Waals surface area contributed by atoms with Gasteiger partial charge in [0.15, 0.2) is 0 Å². The van der Waals surface area contributed by atoms with Gasteiger partial charge in [0, 0.05) is 0 Å². The fourth-order valence-corrected chi connectivity index (χ4v) is 1.70. The molecule has 0 spiro atoms. The van der Waals surface area contributed by atoms with Gasteiger partial charge < -0.3 is 10.2 Å². The van der Waals surface area contributed by atoms with E-state index in [-0.39, 0.29) is 5.82 Å². The molecule has 0 radical (unpaired) electrons. The van der Waals surface area contributed by atoms with Gasteiger partial charge in [0.25, 0.3) is 0 Å². The fraction of sp³-hybridized carbons (Fsp3) is 0.231. The van der Waals surface area contributed by atoms with Crippen molar-refractivity contribution >= 4 is 5.82 Å². The van der Waals surface area contributed by atoms with Crippen LogP contribution in [-0.2, 0) is 6.42 Å². The van der Waals surface area contributed by atoms with Crippen LogP contribution in [0.25, 0.3) is 0 Å². The van der Waals surface area contributed by atoms with E-state index in [9.17, 15) is 4.39 Å². The SMILES string of the molecule is CCCc1c(NN)ncnc1Oc1ccc(F)cc1. The summed E-state index contributed by atoms with van der Waals surface area (Å²) in [7, 11) is 0. The number of ether oxygens (including phenoxy) is 1. The molecule has 0 aliphatic rings. The van der Waals surface area contributed by atoms with Gasteiger partial charge in [-0.25, -0.2) is 20.2 Å². The van der Waals surface area contributed by atoms with Crippen molar-refractivity contribution in [2.75, 3.05) is 5.43 Å². The number of rotatable bonds is 5. The van der Waals surface area contributed by atoms with Crippen molar-refractivity contribution in [1.82, 2.24) is 9.97 Å². The molecule has 0 fully saturated rings. The Morgan fingerprint density at radius 3 is 2.63 bits per heavy atom. The molecule has 6 heteroatoms. The van der Waals surface area contributed by atoms with E-state index in [1.54, 1.807) is 12.1 Å². The van der Waals surface area contributed by atoms with E-state index >= 15 is 0 Å². The minimum atomic E-state index is -0.312. The summed E-state index contributed by atoms with van der Waals surface area (Å²) in [6, 6.07) is 5.75. The summed E-state index contributed by atoms with van der Waals surface area (Å²) in [5.41, 5.74) is 3.33. The maximum atomic E-state index is 12.8. The second-order valence-corrected chi connectivity index (χ2v) is 3.96. The van der Waals surface area contributed by atoms with Crippen LogP contribution < -0.4 is 16.0 Å². The number of benzene rings is 1. The minimum Gasteiger partial charge on any atom is -0.439 e. The number of nitrogens with zero attached hydrogens (tertiary/aromatic N) is 2. The Bertz CT molecular complexity index is 545. The molecule has 1 heterocycles. The number of hydrogen-bond acceptors (Lipinski definition) is 5. The highest BCUT2D eigenvalue weighted by Crippen LogP contribution is 2.27. The van der Waals surface area contributed by atoms with Gasteiger partial charge >= 0.3 is 0 Å². The van der Waals surface area contributed by atoms with Crippen LogP contribution in [0.1, 0.15) is 18.9 Å². The van der Waals surface area contributed by atoms with Crippen LogP contribution in [-0.4, -0.2) is 9.97 Å². The van der Waals surface area contributed by atoms with E-state index < -0.39 is 0 Å². The molecule has 100 valence electrons. The molecule has 0 amide bonds. The first-order valence-corrected chi connectivity index (χ1v) is 5.98. The smallest absolute Gasteiger partial charge is 0.227 e. The summed E-state index contributed by atoms with van der Waals surface area (Å²) < 4.78 is 18.5. The van der Waals surface area contributed by atoms with E-state index in [1.807, 2.05) is 6.92 Å². The monoisotopic (exact) mass is 262 g/mol. The van der Waals surface area contributed by atoms with Crippen LogP contribution in [0.2, 0.25) is 0 Å². The van der Waals surface area contributed by atoms with Crippen LogP contribution in [0.4, 0.5) is 10.2 Å². The first-order chi connectivity index (χ1) is 9.24. The van der Waals surface area contributed by atoms with Gasteiger partial charge in [0.05, 0.1) is 5.56 Å². The second kappa shape index (κ2) is 6.10. The molecule has 1 aromatic carbocycles. The molecular formula is C13H15FN4O. The van der Waals surface area contributed by atoms with Crippen LogP contribution in [0.5, 0.6) is 11.6 Å². The van der Waals surface area contributed by atoms with Crippen molar-refractivity contribution in [2.24, 2.45) is 5.84 Å². The Kier molecular flexibility index (Phi) is 4.25. The molecule has 0 saturated carbocycles. The highest BCUT2D eigenvalue weighted by molar-refractivity contribution is 5.48. The molecule has 0 atom stereocenters. The molecule has 2 rings (SSSR count). The first kappa shape index (κ1) is 13.2. The van der Waals surface area contributed by atoms with Crippen molar-refractivity contribution in [3.8, 4) is 11.6 Å². The van der Waals surface area contributed by atoms with Gasteiger partial charge in [0.2, 0.25) is 5.88 Å². The Morgan fingerprint density at radius 1 is 1.26 bits per heavy atom. The third kappa shape index (κ3) is 3.17. The molecule has 0 saturated heterocycles. The summed E-state index contributed by atoms with van der Waals surface area (Å²) >= 11 is 0. The van der Waals surface area contributed by atoms with E-state index in [2.05, 4.69) is 15.4 Å². The molecule has 19 heavy (non-hydrogen) atoms. The molecule has 2 aromatic rings. The van der Waals surface area contributed by atoms with Gasteiger partial charge in [0.1, 0.15) is 23.7 Å². The summed E-state index contributed by atoms with van der Waals surface area (Å²) in [6.45, 7) is 2.04. The van der Waals surface area contributed by atoms with Gasteiger partial charge in [-0.1, -0.05) is 13.3 Å². The summed E-state index contributed by atoms with van der Waals surface area (Å²) in [4.78, 5) is 8.15. The van der Waals surface area contributed by atoms with E-state index in [4.69, 9.17) is 10.6 Å². The van der Waals surface area contributed by atoms with Crippen molar-refractivity contribution in [3.05, 3.63) is 42.0 Å². The Labute approximate surface area is 110 Å². The molecule has 3 N–H and O–H groups in total. The topological polar surface area (TPSA) is 73.1 Å². The van der Waals surface area contributed by atoms with Crippen molar-refractivity contribution in [2.45, 2.75) is 19.8 Å². The van der Waals surface area contributed by atoms with E-state index in [1.165, 1.54) is 18.5 Å². The normalized spacial score (nSPS) is 10.3. The average Bonchev–Trinajstić information content (AvgIpc) is 2.43. The molecule has 0 unspecified atom stereocenters. The zero-order valence-electron chi connectivity index (χ0n) is 10.6. The Balaban J connectivity index is 2.30. The molecular weight excluding hydrogens is 247 g/mol. The summed E-state index contributed by atoms with van der Waals surface area (Å²) in [6.07, 6.45) is 3.01. The number of nitrogen functional groups attached to an aromatic ring is 1. The highest BCUT2D eigenvalue weighted by atomic mass is 19.1. The number of halogens is 1. The predicted molar refractivity (Wildman–Crippen MR) is 70.3 cm³/mol. The zero-order chi connectivity index (χ0) is 13.7. The lowest BCUT2D eigenvalue weighted by Crippen LogP contribution is -2.12. The second-order valence-electron chi connectivity index (χ2n) is 3.96. The number of anilines is 1. The van der Waals surface area contributed by atoms with Crippen molar-refractivity contribution < 1.29 is 9.13 Å². The maximum absolute atomic E-state index is 12.8. The lowest BCUT2D eigenvalue weighted by atomic mass is 10.2. The summed E-state index contributed by atoms with van der Waals surface area (Å²) in [5.74, 6) is 6.58. The van der Waals surface area contributed by atoms with Crippen LogP contribution in [0.3, 0.4) is 0 Å². The third-order valence-corrected chi connectivity index (χ3v) is 2.57. The predicted octanol–water partition coefficient (Wildman–Crippen LogP) is 2.65. The molecule has 5 nitrogen and oxygen atoms in total. The molecule has 1 aromatic heterocycles. The number of nitrogens with two attached hydrogens (primary N) is 1. The first-order valence-electron chi connectivity index (χ1n) is 5.98. The molecule has 0 bridgehead atoms. The van der Waals surface area contributed by atoms with Crippen LogP contribution in [0.15, 0.2) is 30.6 Å². The lowest BCUT2D eigenvalue weighted by molar-refractivity contribution is 0.453. The number of hydrazine groups is 1. The number of nitrogens with one attached hydrogen (secondary N) is 1. The van der Waals surface area contributed by atoms with E-state index in [0.717, 1.165) is 18.4 Å². The van der Waals surface area contributed by atoms with Gasteiger partial charge in [-0.3, -0.25) is 0 Å². The van der Waals surface area contributed by atoms with Gasteiger partial charge in [-0.15, -0.1) is 0 Å². The third-order valence-electron chi connectivity index (χ3n) is 2.57. The minimum absolute atomic E-state index is 0.312. The largest absolute Gasteiger partial charge is 0.439 e. The Hall–Kier alpha value is -2.21. The van der Waals surface area contributed by atoms with Crippen LogP contribution >= 0.6 is 0 Å².